The molecule has 1 aliphatic rings. The Morgan fingerprint density at radius 3 is 2.32 bits per heavy atom. The number of benzene rings is 2. The average molecular weight is 503 g/mol. The molecule has 2 aromatic carbocycles. The van der Waals surface area contributed by atoms with Gasteiger partial charge in [0.25, 0.3) is 0 Å². The fourth-order valence-corrected chi connectivity index (χ4v) is 5.22. The van der Waals surface area contributed by atoms with Crippen molar-refractivity contribution < 1.29 is 19.5 Å². The normalized spacial score (nSPS) is 14.1. The first-order valence-electron chi connectivity index (χ1n) is 13.1. The number of imidazole rings is 1. The van der Waals surface area contributed by atoms with Crippen LogP contribution in [-0.4, -0.2) is 32.4 Å². The van der Waals surface area contributed by atoms with E-state index in [1.54, 1.807) is 28.8 Å². The van der Waals surface area contributed by atoms with Gasteiger partial charge in [-0.1, -0.05) is 75.6 Å². The van der Waals surface area contributed by atoms with Crippen molar-refractivity contribution in [3.05, 3.63) is 81.5 Å². The van der Waals surface area contributed by atoms with Crippen molar-refractivity contribution in [3.63, 3.8) is 0 Å². The summed E-state index contributed by atoms with van der Waals surface area (Å²) in [5.41, 5.74) is 2.72. The van der Waals surface area contributed by atoms with Crippen LogP contribution >= 0.6 is 0 Å². The zero-order chi connectivity index (χ0) is 26.5. The van der Waals surface area contributed by atoms with Crippen LogP contribution in [0.1, 0.15) is 89.3 Å². The molecule has 0 spiro atoms. The van der Waals surface area contributed by atoms with Crippen LogP contribution in [0.3, 0.4) is 0 Å². The predicted octanol–water partition coefficient (Wildman–Crippen LogP) is 5.68. The summed E-state index contributed by atoms with van der Waals surface area (Å²) in [6.45, 7) is 4.39. The van der Waals surface area contributed by atoms with Gasteiger partial charge in [0.2, 0.25) is 5.91 Å². The van der Waals surface area contributed by atoms with Crippen molar-refractivity contribution in [3.8, 4) is 11.1 Å². The number of carbonyl (C=O) groups excluding carboxylic acids is 2. The standard InChI is InChI=1S/C30H34N2O5/c1-20(2)12-17-26-27(19-33)32(28(34)23-8-4-3-5-9-23)30(37)31(26)18-21-13-15-22(16-14-21)24-10-6-7-11-25(24)29(35)36/h6-7,10-11,13-16,19-20,23H,3-5,8-9,12,17-18H2,1-2H3,(H,35,36). The number of aromatic nitrogens is 2. The first-order chi connectivity index (χ1) is 17.8. The third kappa shape index (κ3) is 5.66. The first-order valence-corrected chi connectivity index (χ1v) is 13.1. The van der Waals surface area contributed by atoms with Gasteiger partial charge in [-0.05, 0) is 54.4 Å². The molecule has 0 saturated heterocycles. The van der Waals surface area contributed by atoms with Crippen molar-refractivity contribution >= 4 is 18.2 Å². The fourth-order valence-electron chi connectivity index (χ4n) is 5.22. The Balaban J connectivity index is 1.71. The quantitative estimate of drug-likeness (QED) is 0.379. The van der Waals surface area contributed by atoms with E-state index in [0.29, 0.717) is 29.9 Å². The first kappa shape index (κ1) is 26.3. The number of aldehydes is 1. The minimum Gasteiger partial charge on any atom is -0.478 e. The number of carbonyl (C=O) groups is 3. The van der Waals surface area contributed by atoms with E-state index in [9.17, 15) is 24.3 Å². The third-order valence-corrected chi connectivity index (χ3v) is 7.29. The van der Waals surface area contributed by atoms with Gasteiger partial charge in [0.05, 0.1) is 17.8 Å². The minimum absolute atomic E-state index is 0.174. The second-order valence-electron chi connectivity index (χ2n) is 10.3. The number of hydrogen-bond donors (Lipinski definition) is 1. The summed E-state index contributed by atoms with van der Waals surface area (Å²) in [5.74, 6) is -1.12. The molecule has 1 N–H and O–H groups in total. The van der Waals surface area contributed by atoms with E-state index in [2.05, 4.69) is 13.8 Å². The predicted molar refractivity (Wildman–Crippen MR) is 142 cm³/mol. The molecule has 3 aromatic rings. The highest BCUT2D eigenvalue weighted by Gasteiger charge is 2.29. The molecule has 0 radical (unpaired) electrons. The van der Waals surface area contributed by atoms with E-state index in [1.165, 1.54) is 0 Å². The molecule has 0 amide bonds. The molecule has 194 valence electrons. The molecule has 0 unspecified atom stereocenters. The third-order valence-electron chi connectivity index (χ3n) is 7.29. The maximum absolute atomic E-state index is 13.6. The number of aromatic carboxylic acids is 1. The molecule has 7 heteroatoms. The summed E-state index contributed by atoms with van der Waals surface area (Å²) in [6.07, 6.45) is 6.46. The van der Waals surface area contributed by atoms with E-state index < -0.39 is 11.7 Å². The molecule has 4 rings (SSSR count). The molecular formula is C30H34N2O5. The largest absolute Gasteiger partial charge is 0.478 e. The summed E-state index contributed by atoms with van der Waals surface area (Å²) in [5, 5.41) is 9.52. The van der Waals surface area contributed by atoms with Gasteiger partial charge in [-0.25, -0.2) is 14.2 Å². The Morgan fingerprint density at radius 1 is 1.03 bits per heavy atom. The number of rotatable bonds is 9. The smallest absolute Gasteiger partial charge is 0.336 e. The van der Waals surface area contributed by atoms with E-state index in [-0.39, 0.29) is 29.6 Å². The second-order valence-corrected chi connectivity index (χ2v) is 10.3. The van der Waals surface area contributed by atoms with Crippen molar-refractivity contribution in [1.29, 1.82) is 0 Å². The molecular weight excluding hydrogens is 468 g/mol. The van der Waals surface area contributed by atoms with Crippen LogP contribution in [0.15, 0.2) is 53.3 Å². The van der Waals surface area contributed by atoms with Crippen molar-refractivity contribution in [2.45, 2.75) is 65.3 Å². The summed E-state index contributed by atoms with van der Waals surface area (Å²) >= 11 is 0. The molecule has 1 heterocycles. The molecule has 0 bridgehead atoms. The van der Waals surface area contributed by atoms with Gasteiger partial charge in [-0.2, -0.15) is 0 Å². The summed E-state index contributed by atoms with van der Waals surface area (Å²) < 4.78 is 2.68. The number of nitrogens with zero attached hydrogens (tertiary/aromatic N) is 2. The summed E-state index contributed by atoms with van der Waals surface area (Å²) in [4.78, 5) is 50.8. The van der Waals surface area contributed by atoms with Gasteiger partial charge >= 0.3 is 11.7 Å². The van der Waals surface area contributed by atoms with Crippen LogP contribution in [-0.2, 0) is 13.0 Å². The van der Waals surface area contributed by atoms with Gasteiger partial charge in [0.15, 0.2) is 6.29 Å². The zero-order valence-corrected chi connectivity index (χ0v) is 21.5. The Bertz CT molecular complexity index is 1340. The molecule has 7 nitrogen and oxygen atoms in total. The monoisotopic (exact) mass is 502 g/mol. The lowest BCUT2D eigenvalue weighted by Gasteiger charge is -2.20. The van der Waals surface area contributed by atoms with Crippen LogP contribution in [0.5, 0.6) is 0 Å². The molecule has 1 saturated carbocycles. The highest BCUT2D eigenvalue weighted by Crippen LogP contribution is 2.27. The van der Waals surface area contributed by atoms with Gasteiger partial charge in [0.1, 0.15) is 5.69 Å². The van der Waals surface area contributed by atoms with Crippen LogP contribution < -0.4 is 5.69 Å². The maximum atomic E-state index is 13.6. The maximum Gasteiger partial charge on any atom is 0.336 e. The van der Waals surface area contributed by atoms with Crippen LogP contribution in [0.25, 0.3) is 11.1 Å². The average Bonchev–Trinajstić information content (AvgIpc) is 3.18. The molecule has 1 aromatic heterocycles. The van der Waals surface area contributed by atoms with Crippen LogP contribution in [0.4, 0.5) is 0 Å². The molecule has 37 heavy (non-hydrogen) atoms. The van der Waals surface area contributed by atoms with Crippen molar-refractivity contribution in [2.75, 3.05) is 0 Å². The van der Waals surface area contributed by atoms with Crippen LogP contribution in [0, 0.1) is 11.8 Å². The van der Waals surface area contributed by atoms with E-state index in [0.717, 1.165) is 54.2 Å². The highest BCUT2D eigenvalue weighted by molar-refractivity contribution is 5.96. The van der Waals surface area contributed by atoms with Gasteiger partial charge in [-0.3, -0.25) is 14.2 Å². The number of carboxylic acid groups (broad SMARTS) is 1. The molecule has 1 fully saturated rings. The molecule has 1 aliphatic carbocycles. The van der Waals surface area contributed by atoms with E-state index >= 15 is 0 Å². The second kappa shape index (κ2) is 11.5. The minimum atomic E-state index is -0.994. The number of carboxylic acids is 1. The Morgan fingerprint density at radius 2 is 1.70 bits per heavy atom. The van der Waals surface area contributed by atoms with Crippen LogP contribution in [0.2, 0.25) is 0 Å². The topological polar surface area (TPSA) is 98.4 Å². The lowest BCUT2D eigenvalue weighted by Crippen LogP contribution is -2.35. The lowest BCUT2D eigenvalue weighted by molar-refractivity contribution is 0.0697. The summed E-state index contributed by atoms with van der Waals surface area (Å²) in [6, 6.07) is 14.2. The van der Waals surface area contributed by atoms with E-state index in [1.807, 2.05) is 24.3 Å². The van der Waals surface area contributed by atoms with Gasteiger partial charge in [0, 0.05) is 5.92 Å². The highest BCUT2D eigenvalue weighted by atomic mass is 16.4. The van der Waals surface area contributed by atoms with Gasteiger partial charge in [-0.15, -0.1) is 0 Å². The lowest BCUT2D eigenvalue weighted by atomic mass is 9.88. The Hall–Kier alpha value is -3.74. The Labute approximate surface area is 216 Å². The van der Waals surface area contributed by atoms with Crippen molar-refractivity contribution in [1.82, 2.24) is 9.13 Å². The Kier molecular flexibility index (Phi) is 8.21. The molecule has 0 atom stereocenters. The fraction of sp³-hybridized carbons (Fsp3) is 0.400. The van der Waals surface area contributed by atoms with Gasteiger partial charge < -0.3 is 5.11 Å². The SMILES string of the molecule is CC(C)CCc1c(C=O)n(C(=O)C2CCCCC2)c(=O)n1Cc1ccc(-c2ccccc2C(=O)O)cc1. The number of hydrogen-bond acceptors (Lipinski definition) is 4. The van der Waals surface area contributed by atoms with E-state index in [4.69, 9.17) is 0 Å². The zero-order valence-electron chi connectivity index (χ0n) is 21.5. The molecule has 0 aliphatic heterocycles. The van der Waals surface area contributed by atoms with Crippen molar-refractivity contribution in [2.24, 2.45) is 11.8 Å². The summed E-state index contributed by atoms with van der Waals surface area (Å²) in [7, 11) is 0.